The molecule has 1 aliphatic heterocycles. The highest BCUT2D eigenvalue weighted by Gasteiger charge is 2.67. The summed E-state index contributed by atoms with van der Waals surface area (Å²) < 4.78 is 49.1. The lowest BCUT2D eigenvalue weighted by molar-refractivity contribution is -0.184. The molecule has 1 saturated heterocycles. The monoisotopic (exact) mass is 579 g/mol. The fraction of sp³-hybridized carbons (Fsp3) is 0.310. The minimum Gasteiger partial charge on any atom is -0.459 e. The van der Waals surface area contributed by atoms with Crippen LogP contribution in [0.4, 0.5) is 14.6 Å². The van der Waals surface area contributed by atoms with E-state index in [9.17, 15) is 14.4 Å². The molecule has 2 aromatic heterocycles. The van der Waals surface area contributed by atoms with Gasteiger partial charge in [-0.05, 0) is 31.2 Å². The number of nitrogens with one attached hydrogen (secondary N) is 1. The van der Waals surface area contributed by atoms with E-state index in [1.807, 2.05) is 0 Å². The number of halogens is 2. The number of carbonyl (C=O) groups excluding carboxylic acids is 3. The first-order valence-electron chi connectivity index (χ1n) is 13.0. The summed E-state index contributed by atoms with van der Waals surface area (Å²) in [7, 11) is 0. The first kappa shape index (κ1) is 28.7. The summed E-state index contributed by atoms with van der Waals surface area (Å²) in [5.74, 6) is -5.38. The van der Waals surface area contributed by atoms with Crippen LogP contribution in [0, 0.1) is 5.41 Å². The van der Waals surface area contributed by atoms with Crippen LogP contribution in [0.1, 0.15) is 47.7 Å². The predicted octanol–water partition coefficient (Wildman–Crippen LogP) is 4.43. The van der Waals surface area contributed by atoms with Crippen LogP contribution in [0.3, 0.4) is 0 Å². The van der Waals surface area contributed by atoms with E-state index in [0.717, 1.165) is 6.92 Å². The van der Waals surface area contributed by atoms with E-state index in [-0.39, 0.29) is 22.5 Å². The number of amides is 1. The molecule has 11 nitrogen and oxygen atoms in total. The molecule has 0 bridgehead atoms. The maximum Gasteiger partial charge on any atom is 0.338 e. The lowest BCUT2D eigenvalue weighted by atomic mass is 9.75. The van der Waals surface area contributed by atoms with Gasteiger partial charge in [0.2, 0.25) is 0 Å². The van der Waals surface area contributed by atoms with Crippen LogP contribution < -0.4 is 5.32 Å². The zero-order valence-corrected chi connectivity index (χ0v) is 22.9. The highest BCUT2D eigenvalue weighted by molar-refractivity contribution is 6.06. The molecule has 13 heteroatoms. The van der Waals surface area contributed by atoms with Crippen LogP contribution in [0.5, 0.6) is 0 Å². The van der Waals surface area contributed by atoms with E-state index in [1.165, 1.54) is 36.3 Å². The Morgan fingerprint density at radius 1 is 1.02 bits per heavy atom. The van der Waals surface area contributed by atoms with Gasteiger partial charge >= 0.3 is 11.9 Å². The fourth-order valence-electron chi connectivity index (χ4n) is 4.88. The van der Waals surface area contributed by atoms with Crippen molar-refractivity contribution in [2.75, 3.05) is 11.9 Å². The number of nitrogens with zero attached hydrogens (tertiary/aromatic N) is 4. The molecule has 4 atom stereocenters. The van der Waals surface area contributed by atoms with E-state index in [0.29, 0.717) is 12.5 Å². The van der Waals surface area contributed by atoms with Gasteiger partial charge in [0, 0.05) is 19.4 Å². The summed E-state index contributed by atoms with van der Waals surface area (Å²) in [5, 5.41) is 2.68. The third-order valence-corrected chi connectivity index (χ3v) is 7.34. The normalized spacial score (nSPS) is 22.1. The number of benzene rings is 2. The van der Waals surface area contributed by atoms with Gasteiger partial charge in [-0.1, -0.05) is 36.4 Å². The van der Waals surface area contributed by atoms with E-state index in [2.05, 4.69) is 20.3 Å². The predicted molar refractivity (Wildman–Crippen MR) is 145 cm³/mol. The van der Waals surface area contributed by atoms with Crippen molar-refractivity contribution in [2.45, 2.75) is 45.1 Å². The van der Waals surface area contributed by atoms with Gasteiger partial charge in [0.15, 0.2) is 29.3 Å². The highest BCUT2D eigenvalue weighted by Crippen LogP contribution is 2.54. The Bertz CT molecular complexity index is 1610. The summed E-state index contributed by atoms with van der Waals surface area (Å²) in [6.45, 7) is 2.44. The Morgan fingerprint density at radius 2 is 1.67 bits per heavy atom. The number of anilines is 1. The van der Waals surface area contributed by atoms with Crippen LogP contribution in [0.15, 0.2) is 73.3 Å². The van der Waals surface area contributed by atoms with Crippen molar-refractivity contribution in [3.05, 3.63) is 84.4 Å². The summed E-state index contributed by atoms with van der Waals surface area (Å²) in [6.07, 6.45) is -1.86. The molecular weight excluding hydrogens is 552 g/mol. The zero-order valence-electron chi connectivity index (χ0n) is 22.9. The number of fused-ring (bicyclic) bond motifs is 1. The van der Waals surface area contributed by atoms with Crippen molar-refractivity contribution in [3.63, 3.8) is 0 Å². The van der Waals surface area contributed by atoms with Gasteiger partial charge in [-0.25, -0.2) is 28.5 Å². The first-order chi connectivity index (χ1) is 20.0. The quantitative estimate of drug-likeness (QED) is 0.301. The Kier molecular flexibility index (Phi) is 7.69. The van der Waals surface area contributed by atoms with E-state index < -0.39 is 54.2 Å². The van der Waals surface area contributed by atoms with Gasteiger partial charge in [0.05, 0.1) is 11.9 Å². The average molecular weight is 580 g/mol. The van der Waals surface area contributed by atoms with Crippen molar-refractivity contribution < 1.29 is 37.4 Å². The number of carbonyl (C=O) groups is 3. The molecule has 42 heavy (non-hydrogen) atoms. The Balaban J connectivity index is 1.50. The molecule has 3 heterocycles. The Morgan fingerprint density at radius 3 is 2.29 bits per heavy atom. The second-order valence-corrected chi connectivity index (χ2v) is 10.0. The van der Waals surface area contributed by atoms with Gasteiger partial charge in [0.25, 0.3) is 11.8 Å². The topological polar surface area (TPSA) is 135 Å². The van der Waals surface area contributed by atoms with Crippen molar-refractivity contribution in [1.82, 2.24) is 19.5 Å². The third-order valence-electron chi connectivity index (χ3n) is 7.34. The number of ether oxygens (including phenoxy) is 3. The number of esters is 2. The van der Waals surface area contributed by atoms with Crippen LogP contribution >= 0.6 is 0 Å². The van der Waals surface area contributed by atoms with Crippen LogP contribution in [-0.4, -0.2) is 62.1 Å². The van der Waals surface area contributed by atoms with Crippen LogP contribution in [0.2, 0.25) is 0 Å². The van der Waals surface area contributed by atoms with Crippen molar-refractivity contribution >= 4 is 34.8 Å². The van der Waals surface area contributed by atoms with Crippen LogP contribution in [0.25, 0.3) is 11.2 Å². The Labute approximate surface area is 238 Å². The number of hydrogen-bond acceptors (Lipinski definition) is 9. The summed E-state index contributed by atoms with van der Waals surface area (Å²) in [6, 6.07) is 16.5. The number of alkyl halides is 2. The molecule has 0 spiro atoms. The molecular formula is C29H27F2N5O6. The zero-order chi connectivity index (χ0) is 30.1. The molecule has 2 aromatic carbocycles. The first-order valence-corrected chi connectivity index (χ1v) is 13.0. The summed E-state index contributed by atoms with van der Waals surface area (Å²) in [5.41, 5.74) is -1.26. The van der Waals surface area contributed by atoms with Crippen LogP contribution in [-0.2, 0) is 19.0 Å². The van der Waals surface area contributed by atoms with Gasteiger partial charge in [-0.2, -0.15) is 0 Å². The largest absolute Gasteiger partial charge is 0.459 e. The van der Waals surface area contributed by atoms with Crippen molar-refractivity contribution in [3.8, 4) is 0 Å². The molecule has 1 aliphatic rings. The number of imidazole rings is 1. The lowest BCUT2D eigenvalue weighted by Gasteiger charge is -2.38. The van der Waals surface area contributed by atoms with E-state index >= 15 is 8.78 Å². The number of rotatable bonds is 8. The minimum atomic E-state index is -3.47. The molecule has 218 valence electrons. The van der Waals surface area contributed by atoms with Crippen molar-refractivity contribution in [1.29, 1.82) is 0 Å². The third kappa shape index (κ3) is 5.30. The SMILES string of the molecule is CC(=O)O[C@H]1[C@H](n2cnc3c(NC(=O)c4ccccc4)ncnc32)O[C@H](COC(=O)c2ccccc2)[C@@]1(C)C(C)(F)F. The number of hydrogen-bond donors (Lipinski definition) is 1. The molecule has 0 radical (unpaired) electrons. The molecule has 1 fully saturated rings. The van der Waals surface area contributed by atoms with E-state index in [1.54, 1.807) is 48.5 Å². The summed E-state index contributed by atoms with van der Waals surface area (Å²) in [4.78, 5) is 50.2. The summed E-state index contributed by atoms with van der Waals surface area (Å²) >= 11 is 0. The minimum absolute atomic E-state index is 0.0755. The maximum absolute atomic E-state index is 15.4. The molecule has 4 aromatic rings. The molecule has 1 amide bonds. The standard InChI is InChI=1S/C29H27F2N5O6/c1-17(37)41-22-26(42-20(28(22,2)29(3,30)31)14-40-27(39)19-12-8-5-9-13-19)36-16-34-21-23(32-15-33-24(21)36)35-25(38)18-10-6-4-7-11-18/h4-13,15-16,20,22,26H,14H2,1-3H3,(H,32,33,35,38)/t20-,22+,26-,28-/m1/s1. The average Bonchev–Trinajstić information content (AvgIpc) is 3.52. The van der Waals surface area contributed by atoms with Gasteiger partial charge in [-0.15, -0.1) is 0 Å². The Hall–Kier alpha value is -4.78. The second-order valence-electron chi connectivity index (χ2n) is 10.0. The van der Waals surface area contributed by atoms with Crippen molar-refractivity contribution in [2.24, 2.45) is 5.41 Å². The smallest absolute Gasteiger partial charge is 0.338 e. The molecule has 1 N–H and O–H groups in total. The molecule has 0 aliphatic carbocycles. The molecule has 0 saturated carbocycles. The van der Waals surface area contributed by atoms with Gasteiger partial charge in [-0.3, -0.25) is 14.2 Å². The second kappa shape index (κ2) is 11.2. The maximum atomic E-state index is 15.4. The number of aromatic nitrogens is 4. The lowest BCUT2D eigenvalue weighted by Crippen LogP contribution is -2.53. The fourth-order valence-corrected chi connectivity index (χ4v) is 4.88. The molecule has 5 rings (SSSR count). The van der Waals surface area contributed by atoms with E-state index in [4.69, 9.17) is 14.2 Å². The molecule has 0 unspecified atom stereocenters. The van der Waals surface area contributed by atoms with Gasteiger partial charge < -0.3 is 19.5 Å². The van der Waals surface area contributed by atoms with Gasteiger partial charge in [0.1, 0.15) is 24.5 Å². The highest BCUT2D eigenvalue weighted by atomic mass is 19.3.